The standard InChI is InChI=1S/C29H42N2O7/c1-3-4-11-24(34)31(19-9-7-5-6-8-10-19)22-16-21(29(36)30-12-13-32)25-20-14-18(17-33)15-23(37-2)27(20)38-28(25)26(22)35/h14-16,19,22,25-26,28,32-33,35H,3-13,17H2,1-2H3,(H,30,36)/t22-,25+,26+,28+/m1/s1. The lowest BCUT2D eigenvalue weighted by Crippen LogP contribution is -2.58. The molecule has 38 heavy (non-hydrogen) atoms. The Balaban J connectivity index is 1.80. The van der Waals surface area contributed by atoms with E-state index in [0.717, 1.165) is 51.4 Å². The minimum Gasteiger partial charge on any atom is -0.493 e. The lowest BCUT2D eigenvalue weighted by molar-refractivity contribution is -0.141. The second-order valence-electron chi connectivity index (χ2n) is 10.6. The highest BCUT2D eigenvalue weighted by Crippen LogP contribution is 2.51. The minimum atomic E-state index is -1.07. The summed E-state index contributed by atoms with van der Waals surface area (Å²) in [5.74, 6) is -0.156. The van der Waals surface area contributed by atoms with Crippen molar-refractivity contribution in [3.8, 4) is 11.5 Å². The van der Waals surface area contributed by atoms with Crippen LogP contribution in [-0.2, 0) is 16.2 Å². The molecule has 210 valence electrons. The summed E-state index contributed by atoms with van der Waals surface area (Å²) in [6, 6.07) is 2.71. The van der Waals surface area contributed by atoms with Crippen LogP contribution in [0.15, 0.2) is 23.8 Å². The van der Waals surface area contributed by atoms with E-state index in [2.05, 4.69) is 5.32 Å². The molecule has 0 unspecified atom stereocenters. The van der Waals surface area contributed by atoms with Crippen LogP contribution in [0.25, 0.3) is 0 Å². The first kappa shape index (κ1) is 28.4. The van der Waals surface area contributed by atoms with Gasteiger partial charge in [-0.2, -0.15) is 0 Å². The topological polar surface area (TPSA) is 129 Å². The number of fused-ring (bicyclic) bond motifs is 3. The highest BCUT2D eigenvalue weighted by molar-refractivity contribution is 5.96. The number of amides is 2. The number of unbranched alkanes of at least 4 members (excludes halogenated alkanes) is 1. The summed E-state index contributed by atoms with van der Waals surface area (Å²) in [5.41, 5.74) is 1.64. The first-order chi connectivity index (χ1) is 18.4. The Hall–Kier alpha value is -2.62. The molecule has 1 aromatic carbocycles. The van der Waals surface area contributed by atoms with Gasteiger partial charge in [-0.15, -0.1) is 0 Å². The third kappa shape index (κ3) is 5.70. The second-order valence-corrected chi connectivity index (χ2v) is 10.6. The summed E-state index contributed by atoms with van der Waals surface area (Å²) in [6.07, 6.45) is 7.91. The van der Waals surface area contributed by atoms with E-state index in [9.17, 15) is 24.9 Å². The van der Waals surface area contributed by atoms with Crippen LogP contribution < -0.4 is 14.8 Å². The van der Waals surface area contributed by atoms with Gasteiger partial charge in [0.25, 0.3) is 0 Å². The maximum absolute atomic E-state index is 13.7. The van der Waals surface area contributed by atoms with Gasteiger partial charge in [0.05, 0.1) is 32.3 Å². The third-order valence-electron chi connectivity index (χ3n) is 8.07. The number of aliphatic hydroxyl groups is 3. The molecule has 1 saturated carbocycles. The molecule has 4 N–H and O–H groups in total. The zero-order chi connectivity index (χ0) is 27.2. The fourth-order valence-corrected chi connectivity index (χ4v) is 6.20. The fraction of sp³-hybridized carbons (Fsp3) is 0.655. The zero-order valence-corrected chi connectivity index (χ0v) is 22.5. The van der Waals surface area contributed by atoms with Gasteiger partial charge in [-0.05, 0) is 43.0 Å². The molecule has 3 aliphatic rings. The van der Waals surface area contributed by atoms with Crippen molar-refractivity contribution in [2.75, 3.05) is 20.3 Å². The van der Waals surface area contributed by atoms with Crippen molar-refractivity contribution in [3.63, 3.8) is 0 Å². The molecule has 0 spiro atoms. The number of nitrogens with zero attached hydrogens (tertiary/aromatic N) is 1. The molecule has 1 aliphatic heterocycles. The molecule has 0 saturated heterocycles. The van der Waals surface area contributed by atoms with Crippen LogP contribution in [-0.4, -0.2) is 76.6 Å². The van der Waals surface area contributed by atoms with Gasteiger partial charge in [-0.25, -0.2) is 0 Å². The molecule has 0 bridgehead atoms. The van der Waals surface area contributed by atoms with Gasteiger partial charge < -0.3 is 35.0 Å². The molecule has 9 nitrogen and oxygen atoms in total. The van der Waals surface area contributed by atoms with Crippen LogP contribution >= 0.6 is 0 Å². The summed E-state index contributed by atoms with van der Waals surface area (Å²) in [6.45, 7) is 1.70. The number of nitrogens with one attached hydrogen (secondary N) is 1. The number of methoxy groups -OCH3 is 1. The minimum absolute atomic E-state index is 0.0109. The number of benzene rings is 1. The van der Waals surface area contributed by atoms with Crippen LogP contribution in [0.4, 0.5) is 0 Å². The summed E-state index contributed by atoms with van der Waals surface area (Å²) in [4.78, 5) is 29.0. The molecule has 9 heteroatoms. The Kier molecular flexibility index (Phi) is 9.68. The van der Waals surface area contributed by atoms with E-state index < -0.39 is 24.2 Å². The number of carbonyl (C=O) groups excluding carboxylic acids is 2. The first-order valence-electron chi connectivity index (χ1n) is 14.0. The highest BCUT2D eigenvalue weighted by Gasteiger charge is 2.52. The quantitative estimate of drug-likeness (QED) is 0.342. The lowest BCUT2D eigenvalue weighted by atomic mass is 9.76. The molecule has 2 amide bonds. The number of rotatable bonds is 10. The molecule has 0 radical (unpaired) electrons. The SMILES string of the molecule is CCCCC(=O)N(C1CCCCCC1)[C@@H]1C=C(C(=O)NCCO)[C@@H]2c3cc(CO)cc(OC)c3O[C@@H]2[C@H]1O. The third-order valence-corrected chi connectivity index (χ3v) is 8.07. The maximum Gasteiger partial charge on any atom is 0.247 e. The molecular formula is C29H42N2O7. The van der Waals surface area contributed by atoms with Crippen molar-refractivity contribution >= 4 is 11.8 Å². The van der Waals surface area contributed by atoms with Crippen LogP contribution in [0, 0.1) is 0 Å². The van der Waals surface area contributed by atoms with Gasteiger partial charge in [0, 0.05) is 30.1 Å². The van der Waals surface area contributed by atoms with E-state index in [1.165, 1.54) is 7.11 Å². The van der Waals surface area contributed by atoms with Gasteiger partial charge in [0.2, 0.25) is 11.8 Å². The Bertz CT molecular complexity index is 1020. The van der Waals surface area contributed by atoms with Crippen LogP contribution in [0.5, 0.6) is 11.5 Å². The summed E-state index contributed by atoms with van der Waals surface area (Å²) < 4.78 is 11.9. The van der Waals surface area contributed by atoms with E-state index in [4.69, 9.17) is 9.47 Å². The Morgan fingerprint density at radius 2 is 1.89 bits per heavy atom. The van der Waals surface area contributed by atoms with Gasteiger partial charge >= 0.3 is 0 Å². The summed E-state index contributed by atoms with van der Waals surface area (Å²) in [5, 5.41) is 33.7. The fourth-order valence-electron chi connectivity index (χ4n) is 6.20. The number of aliphatic hydroxyl groups excluding tert-OH is 3. The number of ether oxygens (including phenoxy) is 2. The van der Waals surface area contributed by atoms with Gasteiger partial charge in [-0.3, -0.25) is 9.59 Å². The average molecular weight is 531 g/mol. The molecule has 0 aromatic heterocycles. The maximum atomic E-state index is 13.7. The molecule has 2 aliphatic carbocycles. The van der Waals surface area contributed by atoms with Crippen molar-refractivity contribution < 1.29 is 34.4 Å². The Morgan fingerprint density at radius 1 is 1.16 bits per heavy atom. The van der Waals surface area contributed by atoms with E-state index >= 15 is 0 Å². The van der Waals surface area contributed by atoms with Crippen LogP contribution in [0.2, 0.25) is 0 Å². The summed E-state index contributed by atoms with van der Waals surface area (Å²) >= 11 is 0. The molecule has 4 rings (SSSR count). The lowest BCUT2D eigenvalue weighted by Gasteiger charge is -2.44. The van der Waals surface area contributed by atoms with Crippen molar-refractivity contribution in [2.45, 2.75) is 102 Å². The van der Waals surface area contributed by atoms with E-state index in [1.807, 2.05) is 11.8 Å². The molecule has 1 aromatic rings. The van der Waals surface area contributed by atoms with Crippen molar-refractivity contribution in [1.82, 2.24) is 10.2 Å². The first-order valence-corrected chi connectivity index (χ1v) is 14.0. The van der Waals surface area contributed by atoms with Gasteiger partial charge in [0.1, 0.15) is 12.2 Å². The van der Waals surface area contributed by atoms with Crippen molar-refractivity contribution in [3.05, 3.63) is 34.9 Å². The average Bonchev–Trinajstić information content (AvgIpc) is 3.11. The number of hydrogen-bond donors (Lipinski definition) is 4. The normalized spacial score (nSPS) is 24.9. The van der Waals surface area contributed by atoms with Gasteiger partial charge in [0.15, 0.2) is 11.5 Å². The number of carbonyl (C=O) groups is 2. The van der Waals surface area contributed by atoms with Crippen LogP contribution in [0.1, 0.15) is 81.8 Å². The van der Waals surface area contributed by atoms with E-state index in [1.54, 1.807) is 18.2 Å². The predicted molar refractivity (Wildman–Crippen MR) is 142 cm³/mol. The molecule has 4 atom stereocenters. The smallest absolute Gasteiger partial charge is 0.247 e. The summed E-state index contributed by atoms with van der Waals surface area (Å²) in [7, 11) is 1.51. The van der Waals surface area contributed by atoms with Gasteiger partial charge in [-0.1, -0.05) is 39.0 Å². The van der Waals surface area contributed by atoms with Crippen molar-refractivity contribution in [1.29, 1.82) is 0 Å². The Labute approximate surface area is 224 Å². The van der Waals surface area contributed by atoms with Crippen molar-refractivity contribution in [2.24, 2.45) is 0 Å². The highest BCUT2D eigenvalue weighted by atomic mass is 16.5. The molecule has 1 fully saturated rings. The van der Waals surface area contributed by atoms with E-state index in [-0.39, 0.29) is 37.6 Å². The van der Waals surface area contributed by atoms with E-state index in [0.29, 0.717) is 34.6 Å². The van der Waals surface area contributed by atoms with Crippen LogP contribution in [0.3, 0.4) is 0 Å². The Morgan fingerprint density at radius 3 is 2.53 bits per heavy atom. The second kappa shape index (κ2) is 13.0. The monoisotopic (exact) mass is 530 g/mol. The molecular weight excluding hydrogens is 488 g/mol. The molecule has 1 heterocycles. The zero-order valence-electron chi connectivity index (χ0n) is 22.5. The number of hydrogen-bond acceptors (Lipinski definition) is 7. The largest absolute Gasteiger partial charge is 0.493 e. The predicted octanol–water partition coefficient (Wildman–Crippen LogP) is 2.55.